The summed E-state index contributed by atoms with van der Waals surface area (Å²) in [5.74, 6) is -0.356. The molecule has 0 heterocycles. The van der Waals surface area contributed by atoms with E-state index < -0.39 is 15.8 Å². The third-order valence-corrected chi connectivity index (χ3v) is 4.84. The Morgan fingerprint density at radius 1 is 0.833 bits per heavy atom. The lowest BCUT2D eigenvalue weighted by atomic mass is 10.1. The Bertz CT molecular complexity index is 1000. The van der Waals surface area contributed by atoms with Gasteiger partial charge in [-0.05, 0) is 23.6 Å². The maximum absolute atomic E-state index is 12.1. The van der Waals surface area contributed by atoms with Crippen molar-refractivity contribution in [1.82, 2.24) is 0 Å². The monoisotopic (exact) mass is 338 g/mol. The van der Waals surface area contributed by atoms with Crippen LogP contribution in [-0.4, -0.2) is 14.4 Å². The molecular formula is C19H14O4S. The van der Waals surface area contributed by atoms with Gasteiger partial charge in [0.2, 0.25) is 0 Å². The molecule has 120 valence electrons. The second-order valence-corrected chi connectivity index (χ2v) is 6.89. The standard InChI is InChI=1S/C19H14O4S/c20-19(13-14-24(21,22)16-9-2-1-3-10-16)23-18-12-6-8-15-7-4-5-11-17(15)18/h1-14H. The molecule has 4 nitrogen and oxygen atoms in total. The predicted molar refractivity (Wildman–Crippen MR) is 92.4 cm³/mol. The number of hydrogen-bond donors (Lipinski definition) is 0. The van der Waals surface area contributed by atoms with E-state index in [4.69, 9.17) is 4.74 Å². The van der Waals surface area contributed by atoms with Gasteiger partial charge in [-0.25, -0.2) is 13.2 Å². The fourth-order valence-corrected chi connectivity index (χ4v) is 3.24. The minimum absolute atomic E-state index is 0.124. The Morgan fingerprint density at radius 2 is 1.50 bits per heavy atom. The summed E-state index contributed by atoms with van der Waals surface area (Å²) < 4.78 is 29.5. The van der Waals surface area contributed by atoms with Crippen molar-refractivity contribution in [1.29, 1.82) is 0 Å². The first-order valence-electron chi connectivity index (χ1n) is 7.24. The normalized spacial score (nSPS) is 11.7. The first-order chi connectivity index (χ1) is 11.6. The van der Waals surface area contributed by atoms with E-state index in [1.807, 2.05) is 30.3 Å². The van der Waals surface area contributed by atoms with E-state index in [1.54, 1.807) is 30.3 Å². The van der Waals surface area contributed by atoms with Crippen molar-refractivity contribution in [3.63, 3.8) is 0 Å². The highest BCUT2D eigenvalue weighted by atomic mass is 32.2. The first-order valence-corrected chi connectivity index (χ1v) is 8.79. The molecule has 0 saturated carbocycles. The number of sulfone groups is 1. The summed E-state index contributed by atoms with van der Waals surface area (Å²) in [6, 6.07) is 20.7. The average Bonchev–Trinajstić information content (AvgIpc) is 2.61. The van der Waals surface area contributed by atoms with E-state index in [0.29, 0.717) is 5.75 Å². The van der Waals surface area contributed by atoms with Crippen molar-refractivity contribution in [2.45, 2.75) is 4.90 Å². The Balaban J connectivity index is 1.80. The topological polar surface area (TPSA) is 60.4 Å². The average molecular weight is 338 g/mol. The Labute approximate surface area is 139 Å². The highest BCUT2D eigenvalue weighted by molar-refractivity contribution is 7.94. The molecule has 0 N–H and O–H groups in total. The van der Waals surface area contributed by atoms with Crippen molar-refractivity contribution in [2.24, 2.45) is 0 Å². The van der Waals surface area contributed by atoms with E-state index in [0.717, 1.165) is 22.3 Å². The number of esters is 1. The fourth-order valence-electron chi connectivity index (χ4n) is 2.26. The van der Waals surface area contributed by atoms with Crippen LogP contribution in [0.2, 0.25) is 0 Å². The van der Waals surface area contributed by atoms with Crippen LogP contribution in [0.1, 0.15) is 0 Å². The van der Waals surface area contributed by atoms with Gasteiger partial charge in [-0.2, -0.15) is 0 Å². The van der Waals surface area contributed by atoms with Crippen LogP contribution in [0.4, 0.5) is 0 Å². The van der Waals surface area contributed by atoms with Crippen LogP contribution in [0.5, 0.6) is 5.75 Å². The molecular weight excluding hydrogens is 324 g/mol. The first kappa shape index (κ1) is 16.0. The van der Waals surface area contributed by atoms with Gasteiger partial charge in [-0.15, -0.1) is 0 Å². The van der Waals surface area contributed by atoms with E-state index in [1.165, 1.54) is 12.1 Å². The van der Waals surface area contributed by atoms with Gasteiger partial charge in [0, 0.05) is 16.9 Å². The number of carbonyl (C=O) groups excluding carboxylic acids is 1. The molecule has 3 aromatic carbocycles. The Morgan fingerprint density at radius 3 is 2.29 bits per heavy atom. The highest BCUT2D eigenvalue weighted by Gasteiger charge is 2.11. The van der Waals surface area contributed by atoms with Crippen LogP contribution in [0.15, 0.2) is 89.2 Å². The number of carbonyl (C=O) groups is 1. The van der Waals surface area contributed by atoms with E-state index in [-0.39, 0.29) is 4.90 Å². The molecule has 0 atom stereocenters. The second-order valence-electron chi connectivity index (χ2n) is 5.06. The fraction of sp³-hybridized carbons (Fsp3) is 0. The Kier molecular flexibility index (Phi) is 4.44. The van der Waals surface area contributed by atoms with Crippen molar-refractivity contribution >= 4 is 26.6 Å². The van der Waals surface area contributed by atoms with Crippen LogP contribution in [-0.2, 0) is 14.6 Å². The largest absolute Gasteiger partial charge is 0.423 e. The molecule has 0 amide bonds. The van der Waals surface area contributed by atoms with Crippen molar-refractivity contribution < 1.29 is 17.9 Å². The highest BCUT2D eigenvalue weighted by Crippen LogP contribution is 2.25. The molecule has 0 radical (unpaired) electrons. The number of benzene rings is 3. The lowest BCUT2D eigenvalue weighted by Gasteiger charge is -2.05. The summed E-state index contributed by atoms with van der Waals surface area (Å²) >= 11 is 0. The van der Waals surface area contributed by atoms with Gasteiger partial charge in [0.25, 0.3) is 0 Å². The minimum atomic E-state index is -3.67. The molecule has 5 heteroatoms. The van der Waals surface area contributed by atoms with Crippen molar-refractivity contribution in [3.05, 3.63) is 84.3 Å². The van der Waals surface area contributed by atoms with Gasteiger partial charge in [-0.3, -0.25) is 0 Å². The maximum atomic E-state index is 12.1. The van der Waals surface area contributed by atoms with Crippen LogP contribution >= 0.6 is 0 Å². The number of hydrogen-bond acceptors (Lipinski definition) is 4. The zero-order valence-electron chi connectivity index (χ0n) is 12.6. The quantitative estimate of drug-likeness (QED) is 0.413. The smallest absolute Gasteiger partial charge is 0.336 e. The number of rotatable bonds is 4. The number of fused-ring (bicyclic) bond motifs is 1. The second kappa shape index (κ2) is 6.68. The maximum Gasteiger partial charge on any atom is 0.336 e. The van der Waals surface area contributed by atoms with Gasteiger partial charge in [-0.1, -0.05) is 54.6 Å². The molecule has 0 aromatic heterocycles. The summed E-state index contributed by atoms with van der Waals surface area (Å²) in [4.78, 5) is 12.1. The van der Waals surface area contributed by atoms with Crippen molar-refractivity contribution in [2.75, 3.05) is 0 Å². The summed E-state index contributed by atoms with van der Waals surface area (Å²) in [7, 11) is -3.67. The minimum Gasteiger partial charge on any atom is -0.423 e. The van der Waals surface area contributed by atoms with Gasteiger partial charge >= 0.3 is 5.97 Å². The van der Waals surface area contributed by atoms with Crippen LogP contribution < -0.4 is 4.74 Å². The molecule has 24 heavy (non-hydrogen) atoms. The third-order valence-electron chi connectivity index (χ3n) is 3.42. The molecule has 3 rings (SSSR count). The molecule has 0 aliphatic heterocycles. The van der Waals surface area contributed by atoms with E-state index >= 15 is 0 Å². The summed E-state index contributed by atoms with van der Waals surface area (Å²) in [5.41, 5.74) is 0. The zero-order valence-corrected chi connectivity index (χ0v) is 13.4. The molecule has 0 spiro atoms. The predicted octanol–water partition coefficient (Wildman–Crippen LogP) is 3.73. The van der Waals surface area contributed by atoms with Gasteiger partial charge in [0.05, 0.1) is 4.90 Å². The summed E-state index contributed by atoms with van der Waals surface area (Å²) in [6.07, 6.45) is 0.921. The summed E-state index contributed by atoms with van der Waals surface area (Å²) in [6.45, 7) is 0. The van der Waals surface area contributed by atoms with Crippen LogP contribution in [0.25, 0.3) is 10.8 Å². The Hall–Kier alpha value is -2.92. The lowest BCUT2D eigenvalue weighted by Crippen LogP contribution is -2.06. The summed E-state index contributed by atoms with van der Waals surface area (Å²) in [5, 5.41) is 2.58. The van der Waals surface area contributed by atoms with Crippen molar-refractivity contribution in [3.8, 4) is 5.75 Å². The zero-order chi connectivity index (χ0) is 17.0. The molecule has 0 aliphatic rings. The van der Waals surface area contributed by atoms with Gasteiger partial charge in [0.1, 0.15) is 5.75 Å². The number of ether oxygens (including phenoxy) is 1. The molecule has 0 aliphatic carbocycles. The molecule has 3 aromatic rings. The molecule has 0 bridgehead atoms. The molecule has 0 unspecified atom stereocenters. The van der Waals surface area contributed by atoms with Crippen LogP contribution in [0.3, 0.4) is 0 Å². The molecule has 0 fully saturated rings. The van der Waals surface area contributed by atoms with E-state index in [9.17, 15) is 13.2 Å². The van der Waals surface area contributed by atoms with Crippen LogP contribution in [0, 0.1) is 0 Å². The third kappa shape index (κ3) is 3.52. The van der Waals surface area contributed by atoms with Gasteiger partial charge in [0.15, 0.2) is 9.84 Å². The molecule has 0 saturated heterocycles. The van der Waals surface area contributed by atoms with Gasteiger partial charge < -0.3 is 4.74 Å². The van der Waals surface area contributed by atoms with E-state index in [2.05, 4.69) is 0 Å². The lowest BCUT2D eigenvalue weighted by molar-refractivity contribution is -0.128. The SMILES string of the molecule is O=C(C=CS(=O)(=O)c1ccccc1)Oc1cccc2ccccc12.